The highest BCUT2D eigenvalue weighted by atomic mass is 32.1. The van der Waals surface area contributed by atoms with Crippen LogP contribution in [0.4, 0.5) is 10.9 Å². The first-order valence-corrected chi connectivity index (χ1v) is 11.9. The fraction of sp³-hybridized carbons (Fsp3) is 0.522. The second-order valence-corrected chi connectivity index (χ2v) is 10.1. The second-order valence-electron chi connectivity index (χ2n) is 9.20. The molecule has 0 atom stereocenters. The Morgan fingerprint density at radius 3 is 2.62 bits per heavy atom. The lowest BCUT2D eigenvalue weighted by Gasteiger charge is -2.33. The molecule has 3 aromatic rings. The standard InChI is InChI=1S/C23H32N6O2S/c1-6-31-18(30)15-27-10-12-28(13-11-27)22-26-29-20(25-23(3,4)5)19(24-21(29)32-22)17-9-7-8-16(2)14-17/h7-9,14,25H,6,10-13,15H2,1-5H3. The Bertz CT molecular complexity index is 1090. The molecule has 4 rings (SSSR count). The highest BCUT2D eigenvalue weighted by Crippen LogP contribution is 2.35. The molecule has 172 valence electrons. The number of esters is 1. The van der Waals surface area contributed by atoms with Crippen LogP contribution in [-0.4, -0.2) is 70.3 Å². The molecule has 1 aromatic carbocycles. The number of nitrogens with zero attached hydrogens (tertiary/aromatic N) is 5. The molecule has 0 spiro atoms. The molecule has 2 aromatic heterocycles. The van der Waals surface area contributed by atoms with Gasteiger partial charge in [0.25, 0.3) is 0 Å². The number of nitrogens with one attached hydrogen (secondary N) is 1. The number of piperazine rings is 1. The monoisotopic (exact) mass is 456 g/mol. The fourth-order valence-electron chi connectivity index (χ4n) is 3.81. The van der Waals surface area contributed by atoms with Gasteiger partial charge in [0.1, 0.15) is 5.69 Å². The van der Waals surface area contributed by atoms with Crippen molar-refractivity contribution in [3.63, 3.8) is 0 Å². The van der Waals surface area contributed by atoms with E-state index in [1.807, 2.05) is 11.4 Å². The minimum atomic E-state index is -0.157. The molecular weight excluding hydrogens is 424 g/mol. The zero-order chi connectivity index (χ0) is 22.9. The van der Waals surface area contributed by atoms with Gasteiger partial charge in [-0.25, -0.2) is 4.98 Å². The molecule has 1 N–H and O–H groups in total. The summed E-state index contributed by atoms with van der Waals surface area (Å²) < 4.78 is 7.01. The van der Waals surface area contributed by atoms with E-state index in [4.69, 9.17) is 14.8 Å². The first-order valence-electron chi connectivity index (χ1n) is 11.1. The van der Waals surface area contributed by atoms with Gasteiger partial charge >= 0.3 is 5.97 Å². The molecule has 0 unspecified atom stereocenters. The summed E-state index contributed by atoms with van der Waals surface area (Å²) in [5.41, 5.74) is 3.09. The highest BCUT2D eigenvalue weighted by Gasteiger charge is 2.26. The number of hydrogen-bond donors (Lipinski definition) is 1. The van der Waals surface area contributed by atoms with Crippen LogP contribution in [0.2, 0.25) is 0 Å². The molecule has 1 aliphatic rings. The number of carbonyl (C=O) groups excluding carboxylic acids is 1. The first kappa shape index (κ1) is 22.5. The van der Waals surface area contributed by atoms with E-state index in [2.05, 4.69) is 67.1 Å². The van der Waals surface area contributed by atoms with Crippen molar-refractivity contribution in [1.82, 2.24) is 19.5 Å². The van der Waals surface area contributed by atoms with E-state index in [1.54, 1.807) is 11.3 Å². The molecule has 1 aliphatic heterocycles. The maximum Gasteiger partial charge on any atom is 0.320 e. The van der Waals surface area contributed by atoms with Crippen LogP contribution in [0, 0.1) is 6.92 Å². The summed E-state index contributed by atoms with van der Waals surface area (Å²) in [5, 5.41) is 9.50. The Hall–Kier alpha value is -2.65. The average molecular weight is 457 g/mol. The summed E-state index contributed by atoms with van der Waals surface area (Å²) in [5.74, 6) is 0.761. The van der Waals surface area contributed by atoms with Crippen LogP contribution in [0.3, 0.4) is 0 Å². The summed E-state index contributed by atoms with van der Waals surface area (Å²) >= 11 is 1.60. The van der Waals surface area contributed by atoms with Crippen LogP contribution in [-0.2, 0) is 9.53 Å². The van der Waals surface area contributed by atoms with Gasteiger partial charge in [0.2, 0.25) is 10.1 Å². The van der Waals surface area contributed by atoms with Crippen molar-refractivity contribution in [2.75, 3.05) is 49.5 Å². The van der Waals surface area contributed by atoms with Crippen molar-refractivity contribution < 1.29 is 9.53 Å². The van der Waals surface area contributed by atoms with Crippen LogP contribution >= 0.6 is 11.3 Å². The van der Waals surface area contributed by atoms with Crippen molar-refractivity contribution >= 4 is 33.2 Å². The minimum absolute atomic E-state index is 0.128. The number of benzene rings is 1. The Balaban J connectivity index is 1.57. The predicted octanol–water partition coefficient (Wildman–Crippen LogP) is 3.66. The van der Waals surface area contributed by atoms with E-state index in [0.29, 0.717) is 13.2 Å². The molecule has 1 saturated heterocycles. The summed E-state index contributed by atoms with van der Waals surface area (Å²) in [6.07, 6.45) is 0. The van der Waals surface area contributed by atoms with Crippen LogP contribution in [0.1, 0.15) is 33.3 Å². The number of aryl methyl sites for hydroxylation is 1. The van der Waals surface area contributed by atoms with Crippen LogP contribution in [0.15, 0.2) is 24.3 Å². The zero-order valence-electron chi connectivity index (χ0n) is 19.5. The van der Waals surface area contributed by atoms with Gasteiger partial charge in [-0.15, -0.1) is 5.10 Å². The Kier molecular flexibility index (Phi) is 6.39. The maximum absolute atomic E-state index is 11.8. The lowest BCUT2D eigenvalue weighted by atomic mass is 10.1. The number of rotatable bonds is 6. The molecule has 0 aliphatic carbocycles. The van der Waals surface area contributed by atoms with Crippen LogP contribution < -0.4 is 10.2 Å². The van der Waals surface area contributed by atoms with Crippen molar-refractivity contribution in [1.29, 1.82) is 0 Å². The Labute approximate surface area is 193 Å². The van der Waals surface area contributed by atoms with Crippen molar-refractivity contribution in [3.8, 4) is 11.3 Å². The second kappa shape index (κ2) is 9.07. The third-order valence-corrected chi connectivity index (χ3v) is 6.25. The van der Waals surface area contributed by atoms with Gasteiger partial charge in [0, 0.05) is 37.3 Å². The normalized spacial score (nSPS) is 15.3. The molecule has 9 heteroatoms. The van der Waals surface area contributed by atoms with E-state index >= 15 is 0 Å². The SMILES string of the molecule is CCOC(=O)CN1CCN(c2nn3c(NC(C)(C)C)c(-c4cccc(C)c4)nc3s2)CC1. The molecule has 0 amide bonds. The summed E-state index contributed by atoms with van der Waals surface area (Å²) in [6, 6.07) is 8.41. The quantitative estimate of drug-likeness (QED) is 0.567. The smallest absolute Gasteiger partial charge is 0.320 e. The van der Waals surface area contributed by atoms with Crippen molar-refractivity contribution in [3.05, 3.63) is 29.8 Å². The predicted molar refractivity (Wildman–Crippen MR) is 130 cm³/mol. The van der Waals surface area contributed by atoms with E-state index in [-0.39, 0.29) is 11.5 Å². The van der Waals surface area contributed by atoms with Gasteiger partial charge in [-0.1, -0.05) is 35.1 Å². The number of imidazole rings is 1. The highest BCUT2D eigenvalue weighted by molar-refractivity contribution is 7.20. The molecule has 0 bridgehead atoms. The van der Waals surface area contributed by atoms with E-state index in [1.165, 1.54) is 5.56 Å². The minimum Gasteiger partial charge on any atom is -0.465 e. The van der Waals surface area contributed by atoms with Gasteiger partial charge < -0.3 is 15.0 Å². The molecule has 3 heterocycles. The molecular formula is C23H32N6O2S. The fourth-order valence-corrected chi connectivity index (χ4v) is 4.77. The largest absolute Gasteiger partial charge is 0.465 e. The molecule has 8 nitrogen and oxygen atoms in total. The number of carbonyl (C=O) groups is 1. The van der Waals surface area contributed by atoms with Gasteiger partial charge in [-0.2, -0.15) is 4.52 Å². The topological polar surface area (TPSA) is 75.0 Å². The van der Waals surface area contributed by atoms with Gasteiger partial charge in [0.15, 0.2) is 5.82 Å². The lowest BCUT2D eigenvalue weighted by Crippen LogP contribution is -2.48. The Morgan fingerprint density at radius 1 is 1.22 bits per heavy atom. The lowest BCUT2D eigenvalue weighted by molar-refractivity contribution is -0.144. The van der Waals surface area contributed by atoms with E-state index in [9.17, 15) is 4.79 Å². The number of ether oxygens (including phenoxy) is 1. The average Bonchev–Trinajstić information content (AvgIpc) is 3.27. The number of aromatic nitrogens is 3. The van der Waals surface area contributed by atoms with Crippen molar-refractivity contribution in [2.45, 2.75) is 40.2 Å². The summed E-state index contributed by atoms with van der Waals surface area (Å²) in [6.45, 7) is 14.4. The van der Waals surface area contributed by atoms with Gasteiger partial charge in [0.05, 0.1) is 13.2 Å². The van der Waals surface area contributed by atoms with Crippen LogP contribution in [0.5, 0.6) is 0 Å². The van der Waals surface area contributed by atoms with Crippen molar-refractivity contribution in [2.24, 2.45) is 0 Å². The molecule has 0 saturated carbocycles. The number of fused-ring (bicyclic) bond motifs is 1. The zero-order valence-corrected chi connectivity index (χ0v) is 20.3. The third kappa shape index (κ3) is 5.05. The van der Waals surface area contributed by atoms with Gasteiger partial charge in [-0.05, 0) is 40.7 Å². The Morgan fingerprint density at radius 2 is 1.97 bits per heavy atom. The van der Waals surface area contributed by atoms with Gasteiger partial charge in [-0.3, -0.25) is 9.69 Å². The van der Waals surface area contributed by atoms with E-state index < -0.39 is 0 Å². The van der Waals surface area contributed by atoms with E-state index in [0.717, 1.165) is 53.3 Å². The number of anilines is 2. The van der Waals surface area contributed by atoms with Crippen LogP contribution in [0.25, 0.3) is 16.2 Å². The summed E-state index contributed by atoms with van der Waals surface area (Å²) in [7, 11) is 0. The summed E-state index contributed by atoms with van der Waals surface area (Å²) in [4.78, 5) is 22.0. The molecule has 0 radical (unpaired) electrons. The third-order valence-electron chi connectivity index (χ3n) is 5.28. The number of hydrogen-bond acceptors (Lipinski definition) is 8. The first-order chi connectivity index (χ1) is 15.2. The molecule has 32 heavy (non-hydrogen) atoms. The molecule has 1 fully saturated rings. The maximum atomic E-state index is 11.8.